The maximum atomic E-state index is 12.1. The number of hydrogen-bond acceptors (Lipinski definition) is 3. The minimum absolute atomic E-state index is 0. The lowest BCUT2D eigenvalue weighted by atomic mass is 10.1. The van der Waals surface area contributed by atoms with Gasteiger partial charge >= 0.3 is 0 Å². The molecular weight excluding hydrogens is 327 g/mol. The molecule has 0 saturated heterocycles. The van der Waals surface area contributed by atoms with Gasteiger partial charge in [0.05, 0.1) is 0 Å². The van der Waals surface area contributed by atoms with Gasteiger partial charge in [0.15, 0.2) is 0 Å². The molecule has 1 amide bonds. The molecule has 114 valence electrons. The van der Waals surface area contributed by atoms with E-state index in [4.69, 9.17) is 17.3 Å². The van der Waals surface area contributed by atoms with Gasteiger partial charge in [0.1, 0.15) is 0 Å². The third-order valence-electron chi connectivity index (χ3n) is 3.91. The van der Waals surface area contributed by atoms with Gasteiger partial charge in [-0.1, -0.05) is 11.6 Å². The van der Waals surface area contributed by atoms with Crippen LogP contribution in [-0.4, -0.2) is 11.9 Å². The Labute approximate surface area is 139 Å². The van der Waals surface area contributed by atoms with Crippen molar-refractivity contribution in [2.45, 2.75) is 31.8 Å². The smallest absolute Gasteiger partial charge is 0.223 e. The Morgan fingerprint density at radius 3 is 2.95 bits per heavy atom. The van der Waals surface area contributed by atoms with E-state index < -0.39 is 0 Å². The minimum atomic E-state index is 0. The highest BCUT2D eigenvalue weighted by molar-refractivity contribution is 7.17. The number of rotatable bonds is 3. The number of thiophene rings is 1. The molecule has 3 rings (SSSR count). The van der Waals surface area contributed by atoms with Crippen LogP contribution in [0.2, 0.25) is 5.02 Å². The van der Waals surface area contributed by atoms with E-state index in [0.717, 1.165) is 35.2 Å². The van der Waals surface area contributed by atoms with Crippen LogP contribution < -0.4 is 11.1 Å². The number of halogens is 2. The predicted molar refractivity (Wildman–Crippen MR) is 91.2 cm³/mol. The van der Waals surface area contributed by atoms with Crippen molar-refractivity contribution in [3.8, 4) is 0 Å². The molecule has 0 radical (unpaired) electrons. The van der Waals surface area contributed by atoms with E-state index >= 15 is 0 Å². The maximum absolute atomic E-state index is 12.1. The van der Waals surface area contributed by atoms with E-state index in [-0.39, 0.29) is 30.3 Å². The van der Waals surface area contributed by atoms with Crippen LogP contribution >= 0.6 is 35.3 Å². The lowest BCUT2D eigenvalue weighted by Gasteiger charge is -2.10. The van der Waals surface area contributed by atoms with Gasteiger partial charge in [0.2, 0.25) is 5.91 Å². The molecule has 6 heteroatoms. The molecule has 2 aromatic rings. The largest absolute Gasteiger partial charge is 0.352 e. The third-order valence-corrected chi connectivity index (χ3v) is 5.16. The lowest BCUT2D eigenvalue weighted by molar-refractivity contribution is -0.125. The SMILES string of the molecule is Cl.N[C@@H]1CC[C@H](C(=O)NCc2csc3ccc(Cl)cc23)C1. The van der Waals surface area contributed by atoms with Crippen LogP contribution in [0, 0.1) is 5.92 Å². The fourth-order valence-electron chi connectivity index (χ4n) is 2.77. The zero-order valence-electron chi connectivity index (χ0n) is 11.5. The van der Waals surface area contributed by atoms with Crippen molar-refractivity contribution in [1.29, 1.82) is 0 Å². The van der Waals surface area contributed by atoms with Crippen LogP contribution in [0.15, 0.2) is 23.6 Å². The summed E-state index contributed by atoms with van der Waals surface area (Å²) in [7, 11) is 0. The molecular formula is C15H18Cl2N2OS. The monoisotopic (exact) mass is 344 g/mol. The molecule has 21 heavy (non-hydrogen) atoms. The molecule has 0 spiro atoms. The second-order valence-electron chi connectivity index (χ2n) is 5.39. The summed E-state index contributed by atoms with van der Waals surface area (Å²) in [4.78, 5) is 12.1. The first-order valence-electron chi connectivity index (χ1n) is 6.82. The summed E-state index contributed by atoms with van der Waals surface area (Å²) in [6.07, 6.45) is 2.67. The molecule has 1 fully saturated rings. The maximum Gasteiger partial charge on any atom is 0.223 e. The molecule has 0 unspecified atom stereocenters. The molecule has 3 N–H and O–H groups in total. The van der Waals surface area contributed by atoms with Crippen LogP contribution in [0.1, 0.15) is 24.8 Å². The summed E-state index contributed by atoms with van der Waals surface area (Å²) in [6.45, 7) is 0.560. The van der Waals surface area contributed by atoms with Gasteiger partial charge in [-0.15, -0.1) is 23.7 Å². The fraction of sp³-hybridized carbons (Fsp3) is 0.400. The number of nitrogens with one attached hydrogen (secondary N) is 1. The van der Waals surface area contributed by atoms with Crippen LogP contribution in [0.4, 0.5) is 0 Å². The first-order valence-corrected chi connectivity index (χ1v) is 8.08. The van der Waals surface area contributed by atoms with Crippen molar-refractivity contribution in [3.05, 3.63) is 34.2 Å². The second-order valence-corrected chi connectivity index (χ2v) is 6.74. The van der Waals surface area contributed by atoms with Gasteiger partial charge in [-0.2, -0.15) is 0 Å². The van der Waals surface area contributed by atoms with Crippen LogP contribution in [0.25, 0.3) is 10.1 Å². The topological polar surface area (TPSA) is 55.1 Å². The van der Waals surface area contributed by atoms with E-state index in [9.17, 15) is 4.79 Å². The third kappa shape index (κ3) is 3.69. The number of amides is 1. The van der Waals surface area contributed by atoms with Gasteiger partial charge in [-0.25, -0.2) is 0 Å². The van der Waals surface area contributed by atoms with Crippen molar-refractivity contribution in [3.63, 3.8) is 0 Å². The number of hydrogen-bond donors (Lipinski definition) is 2. The Morgan fingerprint density at radius 1 is 1.43 bits per heavy atom. The first-order chi connectivity index (χ1) is 9.63. The molecule has 1 aromatic carbocycles. The van der Waals surface area contributed by atoms with Gasteiger partial charge in [-0.05, 0) is 53.8 Å². The molecule has 1 aromatic heterocycles. The molecule has 1 aliphatic carbocycles. The standard InChI is InChI=1S/C15H17ClN2OS.ClH/c16-11-2-4-14-13(6-11)10(8-20-14)7-18-15(19)9-1-3-12(17)5-9;/h2,4,6,8-9,12H,1,3,5,7,17H2,(H,18,19);1H/t9-,12+;/m0./s1. The summed E-state index contributed by atoms with van der Waals surface area (Å²) in [5.41, 5.74) is 6.98. The summed E-state index contributed by atoms with van der Waals surface area (Å²) in [5, 5.41) is 6.97. The normalized spacial score (nSPS) is 21.2. The van der Waals surface area contributed by atoms with E-state index in [1.165, 1.54) is 4.70 Å². The van der Waals surface area contributed by atoms with Gasteiger partial charge in [0, 0.05) is 28.2 Å². The highest BCUT2D eigenvalue weighted by Gasteiger charge is 2.27. The molecule has 1 heterocycles. The van der Waals surface area contributed by atoms with E-state index in [1.54, 1.807) is 11.3 Å². The van der Waals surface area contributed by atoms with Crippen LogP contribution in [-0.2, 0) is 11.3 Å². The van der Waals surface area contributed by atoms with E-state index in [2.05, 4.69) is 10.7 Å². The zero-order chi connectivity index (χ0) is 14.1. The Balaban J connectivity index is 0.00000161. The van der Waals surface area contributed by atoms with E-state index in [1.807, 2.05) is 18.2 Å². The predicted octanol–water partition coefficient (Wildman–Crippen LogP) is 3.72. The minimum Gasteiger partial charge on any atom is -0.352 e. The Hall–Kier alpha value is -0.810. The summed E-state index contributed by atoms with van der Waals surface area (Å²) >= 11 is 7.71. The summed E-state index contributed by atoms with van der Waals surface area (Å²) in [5.74, 6) is 0.206. The van der Waals surface area contributed by atoms with Crippen molar-refractivity contribution in [2.24, 2.45) is 11.7 Å². The Bertz CT molecular complexity index is 644. The van der Waals surface area contributed by atoms with Gasteiger partial charge in [-0.3, -0.25) is 4.79 Å². The highest BCUT2D eigenvalue weighted by Crippen LogP contribution is 2.29. The number of carbonyl (C=O) groups excluding carboxylic acids is 1. The summed E-state index contributed by atoms with van der Waals surface area (Å²) in [6, 6.07) is 6.05. The first kappa shape index (κ1) is 16.6. The summed E-state index contributed by atoms with van der Waals surface area (Å²) < 4.78 is 1.20. The number of benzene rings is 1. The lowest BCUT2D eigenvalue weighted by Crippen LogP contribution is -2.29. The molecule has 1 aliphatic rings. The Morgan fingerprint density at radius 2 is 2.24 bits per heavy atom. The molecule has 0 bridgehead atoms. The average Bonchev–Trinajstić information content (AvgIpc) is 3.02. The quantitative estimate of drug-likeness (QED) is 0.891. The van der Waals surface area contributed by atoms with Crippen molar-refractivity contribution in [2.75, 3.05) is 0 Å². The molecule has 3 nitrogen and oxygen atoms in total. The highest BCUT2D eigenvalue weighted by atomic mass is 35.5. The fourth-order valence-corrected chi connectivity index (χ4v) is 3.89. The average molecular weight is 345 g/mol. The Kier molecular flexibility index (Phi) is 5.49. The van der Waals surface area contributed by atoms with Crippen molar-refractivity contribution >= 4 is 51.3 Å². The van der Waals surface area contributed by atoms with Gasteiger partial charge in [0.25, 0.3) is 0 Å². The van der Waals surface area contributed by atoms with E-state index in [0.29, 0.717) is 6.54 Å². The van der Waals surface area contributed by atoms with Crippen LogP contribution in [0.3, 0.4) is 0 Å². The second kappa shape index (κ2) is 6.97. The van der Waals surface area contributed by atoms with Crippen molar-refractivity contribution < 1.29 is 4.79 Å². The number of carbonyl (C=O) groups is 1. The van der Waals surface area contributed by atoms with Crippen LogP contribution in [0.5, 0.6) is 0 Å². The molecule has 0 aliphatic heterocycles. The van der Waals surface area contributed by atoms with Gasteiger partial charge < -0.3 is 11.1 Å². The zero-order valence-corrected chi connectivity index (χ0v) is 13.9. The number of fused-ring (bicyclic) bond motifs is 1. The number of nitrogens with two attached hydrogens (primary N) is 1. The van der Waals surface area contributed by atoms with Crippen molar-refractivity contribution in [1.82, 2.24) is 5.32 Å². The molecule has 1 saturated carbocycles. The molecule has 2 atom stereocenters.